The summed E-state index contributed by atoms with van der Waals surface area (Å²) in [6.45, 7) is 8.79. The number of hydrogen-bond donors (Lipinski definition) is 1. The maximum absolute atomic E-state index is 13.2. The van der Waals surface area contributed by atoms with E-state index < -0.39 is 13.4 Å². The molecule has 1 fully saturated rings. The van der Waals surface area contributed by atoms with Gasteiger partial charge in [0.15, 0.2) is 5.78 Å². The molecule has 2 aromatic carbocycles. The number of benzene rings is 2. The van der Waals surface area contributed by atoms with Gasteiger partial charge in [0.05, 0.1) is 11.5 Å². The summed E-state index contributed by atoms with van der Waals surface area (Å²) in [5.74, 6) is 0.113. The summed E-state index contributed by atoms with van der Waals surface area (Å²) in [5.41, 5.74) is -0.662. The second kappa shape index (κ2) is 9.52. The molecule has 3 nitrogen and oxygen atoms in total. The van der Waals surface area contributed by atoms with Crippen LogP contribution in [0.25, 0.3) is 0 Å². The van der Waals surface area contributed by atoms with Gasteiger partial charge in [-0.2, -0.15) is 5.26 Å². The Balaban J connectivity index is 1.70. The Bertz CT molecular complexity index is 1070. The molecule has 0 aromatic heterocycles. The van der Waals surface area contributed by atoms with Crippen LogP contribution in [0.1, 0.15) is 66.2 Å². The molecular formula is C31H39NO2Si. The third-order valence-electron chi connectivity index (χ3n) is 9.18. The molecule has 2 atom stereocenters. The van der Waals surface area contributed by atoms with Gasteiger partial charge in [0.2, 0.25) is 0 Å². The molecule has 4 rings (SSSR count). The van der Waals surface area contributed by atoms with Crippen LogP contribution in [0.2, 0.25) is 5.04 Å². The van der Waals surface area contributed by atoms with E-state index in [0.29, 0.717) is 6.42 Å². The topological polar surface area (TPSA) is 61.1 Å². The Morgan fingerprint density at radius 1 is 1.00 bits per heavy atom. The van der Waals surface area contributed by atoms with Crippen molar-refractivity contribution >= 4 is 24.5 Å². The van der Waals surface area contributed by atoms with Gasteiger partial charge in [-0.05, 0) is 58.5 Å². The molecule has 184 valence electrons. The molecule has 1 N–H and O–H groups in total. The first-order valence-corrected chi connectivity index (χ1v) is 15.0. The molecule has 0 heterocycles. The lowest BCUT2D eigenvalue weighted by Gasteiger charge is -2.49. The summed E-state index contributed by atoms with van der Waals surface area (Å²) in [6, 6.07) is 22.9. The van der Waals surface area contributed by atoms with Crippen LogP contribution in [0.3, 0.4) is 0 Å². The van der Waals surface area contributed by atoms with Crippen molar-refractivity contribution in [2.24, 2.45) is 22.7 Å². The molecular weight excluding hydrogens is 446 g/mol. The van der Waals surface area contributed by atoms with E-state index in [1.807, 2.05) is 36.4 Å². The maximum Gasteiger partial charge on any atom is 0.258 e. The molecule has 35 heavy (non-hydrogen) atoms. The Hall–Kier alpha value is -2.48. The van der Waals surface area contributed by atoms with Crippen LogP contribution in [0.15, 0.2) is 72.8 Å². The van der Waals surface area contributed by atoms with E-state index in [0.717, 1.165) is 42.5 Å². The lowest BCUT2D eigenvalue weighted by atomic mass is 9.58. The predicted octanol–water partition coefficient (Wildman–Crippen LogP) is 5.78. The number of carbonyl (C=O) groups is 1. The molecule has 0 radical (unpaired) electrons. The van der Waals surface area contributed by atoms with Crippen LogP contribution >= 0.6 is 0 Å². The van der Waals surface area contributed by atoms with Crippen molar-refractivity contribution in [3.8, 4) is 6.07 Å². The Kier molecular flexibility index (Phi) is 6.97. The summed E-state index contributed by atoms with van der Waals surface area (Å²) in [6.07, 6.45) is 9.22. The van der Waals surface area contributed by atoms with Crippen molar-refractivity contribution in [2.75, 3.05) is 0 Å². The highest BCUT2D eigenvalue weighted by molar-refractivity contribution is 6.98. The number of allylic oxidation sites excluding steroid dienone is 2. The van der Waals surface area contributed by atoms with E-state index in [-0.39, 0.29) is 28.4 Å². The van der Waals surface area contributed by atoms with E-state index in [1.54, 1.807) is 6.08 Å². The van der Waals surface area contributed by atoms with Crippen molar-refractivity contribution in [2.45, 2.75) is 71.3 Å². The molecule has 0 aliphatic heterocycles. The van der Waals surface area contributed by atoms with Crippen molar-refractivity contribution in [1.82, 2.24) is 0 Å². The summed E-state index contributed by atoms with van der Waals surface area (Å²) >= 11 is 0. The van der Waals surface area contributed by atoms with Crippen LogP contribution in [-0.2, 0) is 4.79 Å². The Morgan fingerprint density at radius 3 is 2.00 bits per heavy atom. The summed E-state index contributed by atoms with van der Waals surface area (Å²) in [5, 5.41) is 11.6. The highest BCUT2D eigenvalue weighted by Crippen LogP contribution is 2.54. The van der Waals surface area contributed by atoms with Gasteiger partial charge in [0.25, 0.3) is 8.32 Å². The van der Waals surface area contributed by atoms with Crippen molar-refractivity contribution in [3.63, 3.8) is 0 Å². The summed E-state index contributed by atoms with van der Waals surface area (Å²) < 4.78 is 0. The molecule has 4 heteroatoms. The molecule has 0 bridgehead atoms. The van der Waals surface area contributed by atoms with E-state index >= 15 is 0 Å². The van der Waals surface area contributed by atoms with Crippen LogP contribution < -0.4 is 10.4 Å². The lowest BCUT2D eigenvalue weighted by molar-refractivity contribution is -0.125. The van der Waals surface area contributed by atoms with Crippen molar-refractivity contribution in [3.05, 3.63) is 72.8 Å². The number of nitriles is 1. The molecule has 0 saturated heterocycles. The predicted molar refractivity (Wildman–Crippen MR) is 145 cm³/mol. The quantitative estimate of drug-likeness (QED) is 0.506. The number of rotatable bonds is 7. The van der Waals surface area contributed by atoms with E-state index in [4.69, 9.17) is 0 Å². The van der Waals surface area contributed by atoms with Crippen molar-refractivity contribution < 1.29 is 9.59 Å². The first-order valence-electron chi connectivity index (χ1n) is 13.0. The van der Waals surface area contributed by atoms with Gasteiger partial charge in [0.1, 0.15) is 0 Å². The summed E-state index contributed by atoms with van der Waals surface area (Å²) in [4.78, 5) is 25.8. The molecule has 2 aliphatic rings. The summed E-state index contributed by atoms with van der Waals surface area (Å²) in [7, 11) is -3.14. The molecule has 0 spiro atoms. The minimum atomic E-state index is -3.14. The zero-order valence-corrected chi connectivity index (χ0v) is 22.6. The number of ketones is 1. The number of hydrogen-bond acceptors (Lipinski definition) is 3. The van der Waals surface area contributed by atoms with E-state index in [1.165, 1.54) is 0 Å². The van der Waals surface area contributed by atoms with Gasteiger partial charge in [-0.15, -0.1) is 0 Å². The van der Waals surface area contributed by atoms with Gasteiger partial charge >= 0.3 is 0 Å². The normalized spacial score (nSPS) is 23.7. The molecule has 0 amide bonds. The second-order valence-electron chi connectivity index (χ2n) is 12.1. The van der Waals surface area contributed by atoms with Gasteiger partial charge in [0, 0.05) is 5.92 Å². The van der Waals surface area contributed by atoms with Crippen molar-refractivity contribution in [1.29, 1.82) is 5.26 Å². The Labute approximate surface area is 212 Å². The van der Waals surface area contributed by atoms with Crippen LogP contribution in [0.5, 0.6) is 0 Å². The molecule has 2 aromatic rings. The smallest absolute Gasteiger partial charge is 0.258 e. The van der Waals surface area contributed by atoms with Gasteiger partial charge in [-0.1, -0.05) is 107 Å². The van der Waals surface area contributed by atoms with E-state index in [2.05, 4.69) is 64.1 Å². The SMILES string of the molecule is CC1(C)[C@H](CC2(C#N)CCCC2)C(=O)C=C[C@H]1CC(C)(C)[Si](O)(c1ccccc1)c1ccccc1. The minimum absolute atomic E-state index is 0.129. The van der Waals surface area contributed by atoms with Crippen LogP contribution in [0.4, 0.5) is 0 Å². The Morgan fingerprint density at radius 2 is 1.51 bits per heavy atom. The van der Waals surface area contributed by atoms with Crippen LogP contribution in [0, 0.1) is 34.0 Å². The highest BCUT2D eigenvalue weighted by atomic mass is 28.4. The van der Waals surface area contributed by atoms with Gasteiger partial charge in [-0.3, -0.25) is 4.79 Å². The third kappa shape index (κ3) is 4.57. The fourth-order valence-electron chi connectivity index (χ4n) is 6.70. The second-order valence-corrected chi connectivity index (χ2v) is 16.0. The van der Waals surface area contributed by atoms with Crippen LogP contribution in [-0.4, -0.2) is 18.9 Å². The average Bonchev–Trinajstić information content (AvgIpc) is 3.33. The molecule has 0 unspecified atom stereocenters. The fraction of sp³-hybridized carbons (Fsp3) is 0.484. The highest BCUT2D eigenvalue weighted by Gasteiger charge is 2.54. The van der Waals surface area contributed by atoms with E-state index in [9.17, 15) is 14.9 Å². The zero-order chi connectivity index (χ0) is 25.3. The number of nitrogens with zero attached hydrogens (tertiary/aromatic N) is 1. The number of carbonyl (C=O) groups excluding carboxylic acids is 1. The first kappa shape index (κ1) is 25.6. The van der Waals surface area contributed by atoms with Gasteiger partial charge in [-0.25, -0.2) is 0 Å². The molecule has 2 aliphatic carbocycles. The molecule has 1 saturated carbocycles. The van der Waals surface area contributed by atoms with Gasteiger partial charge < -0.3 is 4.80 Å². The third-order valence-corrected chi connectivity index (χ3v) is 13.7. The first-order chi connectivity index (χ1) is 16.6. The average molecular weight is 486 g/mol. The maximum atomic E-state index is 13.2. The fourth-order valence-corrected chi connectivity index (χ4v) is 10.5. The standard InChI is InChI=1S/C31H39NO2Si/c1-29(2,35(34,25-13-7-5-8-14-25)26-15-9-6-10-16-26)21-24-17-18-28(33)27(30(24,3)4)22-31(23-32)19-11-12-20-31/h5-10,13-18,24,27,34H,11-12,19-22H2,1-4H3/t24-,27+/m0/s1. The largest absolute Gasteiger partial charge is 0.424 e. The monoisotopic (exact) mass is 485 g/mol. The minimum Gasteiger partial charge on any atom is -0.424 e. The zero-order valence-electron chi connectivity index (χ0n) is 21.6. The lowest BCUT2D eigenvalue weighted by Crippen LogP contribution is -2.66.